The highest BCUT2D eigenvalue weighted by atomic mass is 32.2. The quantitative estimate of drug-likeness (QED) is 0.575. The Hall–Kier alpha value is -0.240. The minimum Gasteiger partial charge on any atom is -0.395 e. The molecule has 2 N–H and O–H groups in total. The maximum Gasteiger partial charge on any atom is 0.0954 e. The third kappa shape index (κ3) is 6.47. The van der Waals surface area contributed by atoms with Crippen molar-refractivity contribution in [1.82, 2.24) is 5.32 Å². The summed E-state index contributed by atoms with van der Waals surface area (Å²) in [4.78, 5) is 0. The van der Waals surface area contributed by atoms with Gasteiger partial charge in [0, 0.05) is 6.54 Å². The van der Waals surface area contributed by atoms with Gasteiger partial charge in [0.2, 0.25) is 0 Å². The largest absolute Gasteiger partial charge is 0.395 e. The number of nitriles is 1. The van der Waals surface area contributed by atoms with E-state index >= 15 is 0 Å². The molecule has 12 heavy (non-hydrogen) atoms. The highest BCUT2D eigenvalue weighted by molar-refractivity contribution is 7.98. The second kappa shape index (κ2) is 8.85. The molecular formula is C8H16N2OS. The number of aliphatic hydroxyl groups is 1. The number of nitrogens with zero attached hydrogens (tertiary/aromatic N) is 1. The van der Waals surface area contributed by atoms with Gasteiger partial charge >= 0.3 is 0 Å². The Morgan fingerprint density at radius 2 is 2.42 bits per heavy atom. The van der Waals surface area contributed by atoms with Gasteiger partial charge in [0.25, 0.3) is 0 Å². The summed E-state index contributed by atoms with van der Waals surface area (Å²) < 4.78 is 0. The van der Waals surface area contributed by atoms with Crippen LogP contribution in [0.5, 0.6) is 0 Å². The van der Waals surface area contributed by atoms with Crippen LogP contribution in [0, 0.1) is 11.3 Å². The first-order chi connectivity index (χ1) is 5.85. The van der Waals surface area contributed by atoms with Gasteiger partial charge in [-0.2, -0.15) is 17.0 Å². The molecule has 0 amide bonds. The monoisotopic (exact) mass is 188 g/mol. The zero-order chi connectivity index (χ0) is 9.23. The molecule has 0 fully saturated rings. The van der Waals surface area contributed by atoms with Crippen LogP contribution in [0.3, 0.4) is 0 Å². The summed E-state index contributed by atoms with van der Waals surface area (Å²) in [5.41, 5.74) is 0. The molecule has 0 aromatic carbocycles. The fraction of sp³-hybridized carbons (Fsp3) is 0.875. The molecule has 0 aromatic rings. The smallest absolute Gasteiger partial charge is 0.0954 e. The predicted octanol–water partition coefficient (Wildman–Crippen LogP) is 0.604. The Balaban J connectivity index is 3.35. The van der Waals surface area contributed by atoms with Crippen LogP contribution in [0.2, 0.25) is 0 Å². The minimum absolute atomic E-state index is 0.0932. The molecule has 4 heteroatoms. The fourth-order valence-electron chi connectivity index (χ4n) is 0.883. The van der Waals surface area contributed by atoms with Gasteiger partial charge in [-0.05, 0) is 24.9 Å². The first-order valence-electron chi connectivity index (χ1n) is 4.08. The van der Waals surface area contributed by atoms with Gasteiger partial charge in [0.05, 0.1) is 18.7 Å². The van der Waals surface area contributed by atoms with E-state index in [1.807, 2.05) is 0 Å². The third-order valence-electron chi connectivity index (χ3n) is 1.50. The second-order valence-corrected chi connectivity index (χ2v) is 3.48. The van der Waals surface area contributed by atoms with Gasteiger partial charge in [0.15, 0.2) is 0 Å². The number of nitrogens with one attached hydrogen (secondary N) is 1. The predicted molar refractivity (Wildman–Crippen MR) is 52.1 cm³/mol. The maximum absolute atomic E-state index is 8.65. The lowest BCUT2D eigenvalue weighted by Gasteiger charge is -2.08. The summed E-state index contributed by atoms with van der Waals surface area (Å²) in [5, 5.41) is 20.1. The van der Waals surface area contributed by atoms with E-state index in [4.69, 9.17) is 10.4 Å². The average molecular weight is 188 g/mol. The molecule has 1 unspecified atom stereocenters. The van der Waals surface area contributed by atoms with Crippen molar-refractivity contribution in [3.05, 3.63) is 0 Å². The molecule has 0 aliphatic rings. The van der Waals surface area contributed by atoms with Crippen LogP contribution >= 0.6 is 11.8 Å². The van der Waals surface area contributed by atoms with E-state index in [1.165, 1.54) is 0 Å². The molecule has 70 valence electrons. The Morgan fingerprint density at radius 1 is 1.67 bits per heavy atom. The van der Waals surface area contributed by atoms with Crippen molar-refractivity contribution in [1.29, 1.82) is 5.26 Å². The molecule has 0 aliphatic heterocycles. The van der Waals surface area contributed by atoms with Crippen molar-refractivity contribution in [3.8, 4) is 6.07 Å². The van der Waals surface area contributed by atoms with Gasteiger partial charge < -0.3 is 5.11 Å². The molecule has 0 aromatic heterocycles. The van der Waals surface area contributed by atoms with Crippen molar-refractivity contribution in [2.24, 2.45) is 0 Å². The van der Waals surface area contributed by atoms with Gasteiger partial charge in [-0.15, -0.1) is 0 Å². The minimum atomic E-state index is -0.0932. The summed E-state index contributed by atoms with van der Waals surface area (Å²) in [6.07, 6.45) is 3.98. The highest BCUT2D eigenvalue weighted by Gasteiger charge is 2.04. The van der Waals surface area contributed by atoms with Crippen molar-refractivity contribution in [2.75, 3.05) is 25.2 Å². The Bertz CT molecular complexity index is 136. The number of rotatable bonds is 7. The van der Waals surface area contributed by atoms with Gasteiger partial charge in [0.1, 0.15) is 0 Å². The number of hydrogen-bond donors (Lipinski definition) is 2. The van der Waals surface area contributed by atoms with Crippen LogP contribution in [0.4, 0.5) is 0 Å². The van der Waals surface area contributed by atoms with Crippen LogP contribution in [0.1, 0.15) is 12.8 Å². The van der Waals surface area contributed by atoms with E-state index in [0.29, 0.717) is 6.54 Å². The summed E-state index contributed by atoms with van der Waals surface area (Å²) in [7, 11) is 0. The molecule has 0 rings (SSSR count). The molecule has 3 nitrogen and oxygen atoms in total. The lowest BCUT2D eigenvalue weighted by atomic mass is 10.2. The van der Waals surface area contributed by atoms with E-state index in [-0.39, 0.29) is 12.6 Å². The molecule has 1 atom stereocenters. The normalized spacial score (nSPS) is 12.4. The molecule has 0 heterocycles. The number of thioether (sulfide) groups is 1. The topological polar surface area (TPSA) is 56.0 Å². The Kier molecular flexibility index (Phi) is 8.68. The maximum atomic E-state index is 8.65. The van der Waals surface area contributed by atoms with E-state index in [1.54, 1.807) is 11.8 Å². The standard InChI is InChI=1S/C8H16N2OS/c1-12-6-2-3-8(7-9)10-4-5-11/h8,10-11H,2-6H2,1H3. The Morgan fingerprint density at radius 3 is 2.92 bits per heavy atom. The molecule has 0 radical (unpaired) electrons. The first kappa shape index (κ1) is 11.8. The van der Waals surface area contributed by atoms with E-state index < -0.39 is 0 Å². The average Bonchev–Trinajstić information content (AvgIpc) is 2.11. The van der Waals surface area contributed by atoms with E-state index in [2.05, 4.69) is 17.6 Å². The van der Waals surface area contributed by atoms with Crippen LogP contribution in [0.25, 0.3) is 0 Å². The van der Waals surface area contributed by atoms with Gasteiger partial charge in [-0.25, -0.2) is 0 Å². The third-order valence-corrected chi connectivity index (χ3v) is 2.20. The van der Waals surface area contributed by atoms with Crippen molar-refractivity contribution >= 4 is 11.8 Å². The van der Waals surface area contributed by atoms with E-state index in [0.717, 1.165) is 18.6 Å². The molecule has 0 saturated heterocycles. The zero-order valence-electron chi connectivity index (χ0n) is 7.42. The molecule has 0 bridgehead atoms. The first-order valence-corrected chi connectivity index (χ1v) is 5.47. The molecule has 0 spiro atoms. The van der Waals surface area contributed by atoms with Gasteiger partial charge in [-0.3, -0.25) is 5.32 Å². The van der Waals surface area contributed by atoms with Crippen molar-refractivity contribution in [3.63, 3.8) is 0 Å². The summed E-state index contributed by atoms with van der Waals surface area (Å²) in [5.74, 6) is 1.10. The van der Waals surface area contributed by atoms with E-state index in [9.17, 15) is 0 Å². The fourth-order valence-corrected chi connectivity index (χ4v) is 1.34. The Labute approximate surface area is 78.2 Å². The highest BCUT2D eigenvalue weighted by Crippen LogP contribution is 2.02. The summed E-state index contributed by atoms with van der Waals surface area (Å²) >= 11 is 1.79. The number of hydrogen-bond acceptors (Lipinski definition) is 4. The molecular weight excluding hydrogens is 172 g/mol. The van der Waals surface area contributed by atoms with Crippen molar-refractivity contribution < 1.29 is 5.11 Å². The summed E-state index contributed by atoms with van der Waals surface area (Å²) in [6, 6.07) is 2.07. The number of aliphatic hydroxyl groups excluding tert-OH is 1. The van der Waals surface area contributed by atoms with Crippen LogP contribution in [0.15, 0.2) is 0 Å². The van der Waals surface area contributed by atoms with Crippen LogP contribution in [-0.4, -0.2) is 36.3 Å². The SMILES string of the molecule is CSCCCC(C#N)NCCO. The molecule has 0 saturated carbocycles. The second-order valence-electron chi connectivity index (χ2n) is 2.49. The zero-order valence-corrected chi connectivity index (χ0v) is 8.23. The molecule has 0 aliphatic carbocycles. The van der Waals surface area contributed by atoms with Gasteiger partial charge in [-0.1, -0.05) is 0 Å². The lowest BCUT2D eigenvalue weighted by molar-refractivity contribution is 0.287. The van der Waals surface area contributed by atoms with Crippen LogP contribution < -0.4 is 5.32 Å². The van der Waals surface area contributed by atoms with Crippen LogP contribution in [-0.2, 0) is 0 Å². The summed E-state index contributed by atoms with van der Waals surface area (Å²) in [6.45, 7) is 0.609. The lowest BCUT2D eigenvalue weighted by Crippen LogP contribution is -2.30. The van der Waals surface area contributed by atoms with Crippen molar-refractivity contribution in [2.45, 2.75) is 18.9 Å².